The van der Waals surface area contributed by atoms with Crippen LogP contribution in [0, 0.1) is 6.92 Å². The summed E-state index contributed by atoms with van der Waals surface area (Å²) in [6.45, 7) is 1.72. The molecule has 1 heterocycles. The molecule has 0 amide bonds. The van der Waals surface area contributed by atoms with Gasteiger partial charge in [-0.1, -0.05) is 5.16 Å². The van der Waals surface area contributed by atoms with Crippen LogP contribution in [0.25, 0.3) is 0 Å². The van der Waals surface area contributed by atoms with E-state index in [1.165, 1.54) is 0 Å². The summed E-state index contributed by atoms with van der Waals surface area (Å²) in [6.07, 6.45) is 1.10. The molecular formula is C6H7N3O2. The predicted octanol–water partition coefficient (Wildman–Crippen LogP) is -0.114. The van der Waals surface area contributed by atoms with Gasteiger partial charge in [-0.25, -0.2) is 4.79 Å². The number of oxime groups is 1. The number of nitrogens with zero attached hydrogens (tertiary/aromatic N) is 2. The van der Waals surface area contributed by atoms with Crippen molar-refractivity contribution in [1.29, 1.82) is 0 Å². The SMILES string of the molecule is Cc1cc(/C=N/O)nc(=O)[nH]1. The minimum atomic E-state index is -0.445. The fourth-order valence-corrected chi connectivity index (χ4v) is 0.729. The maximum Gasteiger partial charge on any atom is 0.345 e. The zero-order valence-corrected chi connectivity index (χ0v) is 5.90. The van der Waals surface area contributed by atoms with Crippen LogP contribution in [0.1, 0.15) is 11.4 Å². The van der Waals surface area contributed by atoms with Crippen molar-refractivity contribution >= 4 is 6.21 Å². The van der Waals surface area contributed by atoms with Gasteiger partial charge in [0.25, 0.3) is 0 Å². The van der Waals surface area contributed by atoms with Crippen LogP contribution in [-0.2, 0) is 0 Å². The summed E-state index contributed by atoms with van der Waals surface area (Å²) in [7, 11) is 0. The minimum Gasteiger partial charge on any atom is -0.411 e. The Morgan fingerprint density at radius 3 is 3.09 bits per heavy atom. The molecule has 58 valence electrons. The molecule has 2 N–H and O–H groups in total. The van der Waals surface area contributed by atoms with Gasteiger partial charge in [0, 0.05) is 5.69 Å². The van der Waals surface area contributed by atoms with Gasteiger partial charge in [-0.15, -0.1) is 0 Å². The van der Waals surface area contributed by atoms with Crippen molar-refractivity contribution in [2.45, 2.75) is 6.92 Å². The Labute approximate surface area is 62.4 Å². The maximum absolute atomic E-state index is 10.7. The molecule has 5 nitrogen and oxygen atoms in total. The van der Waals surface area contributed by atoms with Gasteiger partial charge in [0.2, 0.25) is 0 Å². The molecule has 11 heavy (non-hydrogen) atoms. The van der Waals surface area contributed by atoms with Gasteiger partial charge in [0.05, 0.1) is 11.9 Å². The molecule has 0 aliphatic heterocycles. The summed E-state index contributed by atoms with van der Waals surface area (Å²) >= 11 is 0. The minimum absolute atomic E-state index is 0.341. The molecule has 0 saturated carbocycles. The van der Waals surface area contributed by atoms with Crippen molar-refractivity contribution in [1.82, 2.24) is 9.97 Å². The summed E-state index contributed by atoms with van der Waals surface area (Å²) in [5.74, 6) is 0. The third kappa shape index (κ3) is 1.89. The first-order valence-electron chi connectivity index (χ1n) is 2.98. The van der Waals surface area contributed by atoms with E-state index in [1.807, 2.05) is 0 Å². The number of aromatic nitrogens is 2. The van der Waals surface area contributed by atoms with Crippen LogP contribution in [0.5, 0.6) is 0 Å². The second-order valence-corrected chi connectivity index (χ2v) is 2.04. The second-order valence-electron chi connectivity index (χ2n) is 2.04. The van der Waals surface area contributed by atoms with E-state index < -0.39 is 5.69 Å². The molecule has 0 unspecified atom stereocenters. The van der Waals surface area contributed by atoms with E-state index in [2.05, 4.69) is 15.1 Å². The Morgan fingerprint density at radius 1 is 1.82 bits per heavy atom. The smallest absolute Gasteiger partial charge is 0.345 e. The lowest BCUT2D eigenvalue weighted by atomic mass is 10.3. The molecule has 1 aromatic rings. The van der Waals surface area contributed by atoms with E-state index >= 15 is 0 Å². The molecule has 0 fully saturated rings. The van der Waals surface area contributed by atoms with Crippen molar-refractivity contribution in [3.8, 4) is 0 Å². The van der Waals surface area contributed by atoms with Crippen molar-refractivity contribution in [2.24, 2.45) is 5.16 Å². The highest BCUT2D eigenvalue weighted by molar-refractivity contribution is 5.76. The number of aromatic amines is 1. The third-order valence-electron chi connectivity index (χ3n) is 1.09. The molecule has 0 aromatic carbocycles. The van der Waals surface area contributed by atoms with Gasteiger partial charge in [-0.3, -0.25) is 0 Å². The maximum atomic E-state index is 10.7. The first-order chi connectivity index (χ1) is 5.22. The fourth-order valence-electron chi connectivity index (χ4n) is 0.729. The van der Waals surface area contributed by atoms with E-state index in [9.17, 15) is 4.79 Å². The van der Waals surface area contributed by atoms with Crippen molar-refractivity contribution < 1.29 is 5.21 Å². The lowest BCUT2D eigenvalue weighted by Crippen LogP contribution is -2.13. The Kier molecular flexibility index (Phi) is 2.00. The van der Waals surface area contributed by atoms with E-state index in [4.69, 9.17) is 5.21 Å². The second kappa shape index (κ2) is 2.96. The normalized spacial score (nSPS) is 10.6. The number of rotatable bonds is 1. The summed E-state index contributed by atoms with van der Waals surface area (Å²) < 4.78 is 0. The monoisotopic (exact) mass is 153 g/mol. The standard InChI is InChI=1S/C6H7N3O2/c1-4-2-5(3-7-11)9-6(10)8-4/h2-3,11H,1H3,(H,8,9,10)/b7-3+. The molecule has 0 saturated heterocycles. The zero-order valence-electron chi connectivity index (χ0n) is 5.90. The largest absolute Gasteiger partial charge is 0.411 e. The summed E-state index contributed by atoms with van der Waals surface area (Å²) in [5.41, 5.74) is 0.577. The van der Waals surface area contributed by atoms with Crippen LogP contribution in [0.2, 0.25) is 0 Å². The highest BCUT2D eigenvalue weighted by atomic mass is 16.4. The molecule has 0 radical (unpaired) electrons. The summed E-state index contributed by atoms with van der Waals surface area (Å²) in [4.78, 5) is 16.6. The van der Waals surface area contributed by atoms with Gasteiger partial charge in [0.1, 0.15) is 0 Å². The van der Waals surface area contributed by atoms with Crippen LogP contribution in [0.15, 0.2) is 16.0 Å². The Morgan fingerprint density at radius 2 is 2.55 bits per heavy atom. The zero-order chi connectivity index (χ0) is 8.27. The van der Waals surface area contributed by atoms with Crippen LogP contribution >= 0.6 is 0 Å². The summed E-state index contributed by atoms with van der Waals surface area (Å²) in [6, 6.07) is 1.60. The lowest BCUT2D eigenvalue weighted by molar-refractivity contribution is 0.321. The van der Waals surface area contributed by atoms with Crippen LogP contribution in [-0.4, -0.2) is 21.4 Å². The van der Waals surface area contributed by atoms with Gasteiger partial charge < -0.3 is 10.2 Å². The molecule has 0 atom stereocenters. The van der Waals surface area contributed by atoms with Crippen molar-refractivity contribution in [3.05, 3.63) is 27.9 Å². The number of nitrogens with one attached hydrogen (secondary N) is 1. The molecule has 0 bridgehead atoms. The highest BCUT2D eigenvalue weighted by Crippen LogP contribution is 1.88. The molecule has 1 aromatic heterocycles. The Hall–Kier alpha value is -1.65. The van der Waals surface area contributed by atoms with Crippen molar-refractivity contribution in [2.75, 3.05) is 0 Å². The Bertz CT molecular complexity index is 329. The number of aryl methyl sites for hydroxylation is 1. The first kappa shape index (κ1) is 7.46. The van der Waals surface area contributed by atoms with Crippen LogP contribution in [0.4, 0.5) is 0 Å². The summed E-state index contributed by atoms with van der Waals surface area (Å²) in [5, 5.41) is 10.9. The van der Waals surface area contributed by atoms with Gasteiger partial charge >= 0.3 is 5.69 Å². The lowest BCUT2D eigenvalue weighted by Gasteiger charge is -1.91. The van der Waals surface area contributed by atoms with E-state index in [-0.39, 0.29) is 0 Å². The van der Waals surface area contributed by atoms with E-state index in [1.54, 1.807) is 13.0 Å². The van der Waals surface area contributed by atoms with E-state index in [0.717, 1.165) is 6.21 Å². The van der Waals surface area contributed by atoms with Gasteiger partial charge in [0.15, 0.2) is 0 Å². The quantitative estimate of drug-likeness (QED) is 0.335. The number of hydrogen-bond donors (Lipinski definition) is 2. The average molecular weight is 153 g/mol. The van der Waals surface area contributed by atoms with Crippen molar-refractivity contribution in [3.63, 3.8) is 0 Å². The van der Waals surface area contributed by atoms with E-state index in [0.29, 0.717) is 11.4 Å². The molecular weight excluding hydrogens is 146 g/mol. The Balaban J connectivity index is 3.19. The first-order valence-corrected chi connectivity index (χ1v) is 2.98. The van der Waals surface area contributed by atoms with Gasteiger partial charge in [-0.05, 0) is 13.0 Å². The molecule has 0 spiro atoms. The number of hydrogen-bond acceptors (Lipinski definition) is 4. The average Bonchev–Trinajstić information content (AvgIpc) is 1.85. The van der Waals surface area contributed by atoms with Gasteiger partial charge in [-0.2, -0.15) is 4.98 Å². The number of H-pyrrole nitrogens is 1. The third-order valence-corrected chi connectivity index (χ3v) is 1.09. The molecule has 0 aliphatic carbocycles. The van der Waals surface area contributed by atoms with Crippen LogP contribution < -0.4 is 5.69 Å². The molecule has 0 aliphatic rings. The molecule has 5 heteroatoms. The predicted molar refractivity (Wildman–Crippen MR) is 39.0 cm³/mol. The van der Waals surface area contributed by atoms with Crippen LogP contribution in [0.3, 0.4) is 0 Å². The highest BCUT2D eigenvalue weighted by Gasteiger charge is 1.92. The fraction of sp³-hybridized carbons (Fsp3) is 0.167. The topological polar surface area (TPSA) is 78.3 Å². The molecule has 1 rings (SSSR count).